The van der Waals surface area contributed by atoms with Crippen LogP contribution in [0.3, 0.4) is 0 Å². The number of fused-ring (bicyclic) bond motifs is 1. The second kappa shape index (κ2) is 4.77. The summed E-state index contributed by atoms with van der Waals surface area (Å²) in [6.45, 7) is 2.26. The number of esters is 1. The molecule has 0 spiro atoms. The topological polar surface area (TPSA) is 57.0 Å². The quantitative estimate of drug-likeness (QED) is 0.633. The van der Waals surface area contributed by atoms with Crippen molar-refractivity contribution in [1.82, 2.24) is 14.8 Å². The Balaban J connectivity index is 2.34. The molecule has 16 heavy (non-hydrogen) atoms. The van der Waals surface area contributed by atoms with Crippen molar-refractivity contribution in [2.24, 2.45) is 0 Å². The Hall–Kier alpha value is -1.18. The second-order valence-corrected chi connectivity index (χ2v) is 4.15. The number of halogens is 1. The SMILES string of the molecule is CCOC(=O)Cn1nc(I)c2cccnc21. The molecule has 0 saturated carbocycles. The molecule has 0 aromatic carbocycles. The number of ether oxygens (including phenoxy) is 1. The number of hydrogen-bond donors (Lipinski definition) is 0. The zero-order valence-electron chi connectivity index (χ0n) is 8.68. The molecule has 2 heterocycles. The van der Waals surface area contributed by atoms with Crippen LogP contribution in [0.2, 0.25) is 0 Å². The van der Waals surface area contributed by atoms with E-state index < -0.39 is 0 Å². The minimum absolute atomic E-state index is 0.102. The Labute approximate surface area is 106 Å². The van der Waals surface area contributed by atoms with Gasteiger partial charge in [0.25, 0.3) is 0 Å². The van der Waals surface area contributed by atoms with Crippen molar-refractivity contribution in [2.45, 2.75) is 13.5 Å². The maximum absolute atomic E-state index is 11.4. The van der Waals surface area contributed by atoms with Crippen LogP contribution >= 0.6 is 22.6 Å². The van der Waals surface area contributed by atoms with E-state index in [1.54, 1.807) is 17.8 Å². The van der Waals surface area contributed by atoms with E-state index in [4.69, 9.17) is 4.74 Å². The van der Waals surface area contributed by atoms with Crippen molar-refractivity contribution in [3.05, 3.63) is 22.0 Å². The van der Waals surface area contributed by atoms with Gasteiger partial charge in [0.05, 0.1) is 12.0 Å². The van der Waals surface area contributed by atoms with Gasteiger partial charge < -0.3 is 4.74 Å². The minimum Gasteiger partial charge on any atom is -0.465 e. The van der Waals surface area contributed by atoms with E-state index in [-0.39, 0.29) is 12.5 Å². The normalized spacial score (nSPS) is 10.6. The number of hydrogen-bond acceptors (Lipinski definition) is 4. The number of rotatable bonds is 3. The first-order chi connectivity index (χ1) is 7.72. The molecular formula is C10H10IN3O2. The summed E-state index contributed by atoms with van der Waals surface area (Å²) in [5.41, 5.74) is 0.708. The fourth-order valence-electron chi connectivity index (χ4n) is 1.41. The maximum Gasteiger partial charge on any atom is 0.327 e. The monoisotopic (exact) mass is 331 g/mol. The predicted octanol–water partition coefficient (Wildman–Crippen LogP) is 1.60. The fourth-order valence-corrected chi connectivity index (χ4v) is 2.09. The highest BCUT2D eigenvalue weighted by molar-refractivity contribution is 14.1. The lowest BCUT2D eigenvalue weighted by Crippen LogP contribution is -2.14. The molecular weight excluding hydrogens is 321 g/mol. The van der Waals surface area contributed by atoms with E-state index >= 15 is 0 Å². The summed E-state index contributed by atoms with van der Waals surface area (Å²) in [5.74, 6) is -0.297. The Kier molecular flexibility index (Phi) is 3.37. The molecule has 84 valence electrons. The van der Waals surface area contributed by atoms with Crippen LogP contribution in [0.5, 0.6) is 0 Å². The van der Waals surface area contributed by atoms with E-state index in [0.29, 0.717) is 12.3 Å². The zero-order valence-corrected chi connectivity index (χ0v) is 10.8. The molecule has 2 aromatic rings. The number of pyridine rings is 1. The zero-order chi connectivity index (χ0) is 11.5. The first-order valence-corrected chi connectivity index (χ1v) is 5.93. The van der Waals surface area contributed by atoms with E-state index in [1.807, 2.05) is 12.1 Å². The number of aromatic nitrogens is 3. The first kappa shape index (κ1) is 11.3. The van der Waals surface area contributed by atoms with Crippen molar-refractivity contribution in [3.8, 4) is 0 Å². The lowest BCUT2D eigenvalue weighted by molar-refractivity contribution is -0.143. The lowest BCUT2D eigenvalue weighted by atomic mass is 10.4. The smallest absolute Gasteiger partial charge is 0.327 e. The van der Waals surface area contributed by atoms with E-state index in [0.717, 1.165) is 9.09 Å². The minimum atomic E-state index is -0.297. The summed E-state index contributed by atoms with van der Waals surface area (Å²) in [6, 6.07) is 3.78. The average Bonchev–Trinajstić information content (AvgIpc) is 2.57. The molecule has 0 radical (unpaired) electrons. The molecule has 5 nitrogen and oxygen atoms in total. The van der Waals surface area contributed by atoms with Crippen LogP contribution in [0, 0.1) is 3.70 Å². The molecule has 0 saturated heterocycles. The van der Waals surface area contributed by atoms with E-state index in [2.05, 4.69) is 32.7 Å². The second-order valence-electron chi connectivity index (χ2n) is 3.13. The van der Waals surface area contributed by atoms with Crippen LogP contribution in [-0.4, -0.2) is 27.3 Å². The number of carbonyl (C=O) groups is 1. The van der Waals surface area contributed by atoms with Crippen molar-refractivity contribution in [1.29, 1.82) is 0 Å². The Morgan fingerprint density at radius 3 is 3.19 bits per heavy atom. The van der Waals surface area contributed by atoms with Gasteiger partial charge in [-0.15, -0.1) is 0 Å². The van der Waals surface area contributed by atoms with Gasteiger partial charge in [-0.2, -0.15) is 5.10 Å². The van der Waals surface area contributed by atoms with Gasteiger partial charge in [-0.1, -0.05) is 0 Å². The highest BCUT2D eigenvalue weighted by Gasteiger charge is 2.12. The maximum atomic E-state index is 11.4. The molecule has 0 aliphatic rings. The predicted molar refractivity (Wildman–Crippen MR) is 66.9 cm³/mol. The van der Waals surface area contributed by atoms with Gasteiger partial charge >= 0.3 is 5.97 Å². The van der Waals surface area contributed by atoms with Crippen LogP contribution in [0.15, 0.2) is 18.3 Å². The van der Waals surface area contributed by atoms with E-state index in [1.165, 1.54) is 0 Å². The first-order valence-electron chi connectivity index (χ1n) is 4.85. The average molecular weight is 331 g/mol. The highest BCUT2D eigenvalue weighted by Crippen LogP contribution is 2.17. The third kappa shape index (κ3) is 2.16. The molecule has 0 aliphatic carbocycles. The molecule has 6 heteroatoms. The Morgan fingerprint density at radius 1 is 1.62 bits per heavy atom. The molecule has 0 amide bonds. The molecule has 0 fully saturated rings. The van der Waals surface area contributed by atoms with Gasteiger partial charge in [0, 0.05) is 6.20 Å². The fraction of sp³-hybridized carbons (Fsp3) is 0.300. The van der Waals surface area contributed by atoms with Crippen LogP contribution in [0.4, 0.5) is 0 Å². The van der Waals surface area contributed by atoms with E-state index in [9.17, 15) is 4.79 Å². The molecule has 2 aromatic heterocycles. The summed E-state index contributed by atoms with van der Waals surface area (Å²) in [7, 11) is 0. The van der Waals surface area contributed by atoms with Crippen molar-refractivity contribution >= 4 is 39.6 Å². The van der Waals surface area contributed by atoms with Gasteiger partial charge in [0.15, 0.2) is 5.65 Å². The third-order valence-electron chi connectivity index (χ3n) is 2.05. The molecule has 0 N–H and O–H groups in total. The molecule has 0 unspecified atom stereocenters. The van der Waals surface area contributed by atoms with Crippen molar-refractivity contribution < 1.29 is 9.53 Å². The Morgan fingerprint density at radius 2 is 2.44 bits per heavy atom. The van der Waals surface area contributed by atoms with Gasteiger partial charge in [-0.3, -0.25) is 4.79 Å². The van der Waals surface area contributed by atoms with Crippen LogP contribution in [0.25, 0.3) is 11.0 Å². The Bertz CT molecular complexity index is 524. The molecule has 0 bridgehead atoms. The molecule has 0 aliphatic heterocycles. The van der Waals surface area contributed by atoms with Gasteiger partial charge in [-0.25, -0.2) is 9.67 Å². The van der Waals surface area contributed by atoms with Crippen molar-refractivity contribution in [3.63, 3.8) is 0 Å². The number of nitrogens with zero attached hydrogens (tertiary/aromatic N) is 3. The molecule has 0 atom stereocenters. The lowest BCUT2D eigenvalue weighted by Gasteiger charge is -2.02. The van der Waals surface area contributed by atoms with Crippen LogP contribution in [0.1, 0.15) is 6.92 Å². The summed E-state index contributed by atoms with van der Waals surface area (Å²) in [4.78, 5) is 15.6. The van der Waals surface area contributed by atoms with Gasteiger partial charge in [0.1, 0.15) is 10.2 Å². The number of carbonyl (C=O) groups excluding carboxylic acids is 1. The summed E-state index contributed by atoms with van der Waals surface area (Å²) in [6.07, 6.45) is 1.68. The summed E-state index contributed by atoms with van der Waals surface area (Å²) >= 11 is 2.12. The molecule has 2 rings (SSSR count). The largest absolute Gasteiger partial charge is 0.465 e. The standard InChI is InChI=1S/C10H10IN3O2/c1-2-16-8(15)6-14-10-7(9(11)13-14)4-3-5-12-10/h3-5H,2,6H2,1H3. The van der Waals surface area contributed by atoms with Gasteiger partial charge in [-0.05, 0) is 41.6 Å². The van der Waals surface area contributed by atoms with Crippen LogP contribution in [-0.2, 0) is 16.1 Å². The summed E-state index contributed by atoms with van der Waals surface area (Å²) < 4.78 is 7.28. The highest BCUT2D eigenvalue weighted by atomic mass is 127. The van der Waals surface area contributed by atoms with Crippen LogP contribution < -0.4 is 0 Å². The van der Waals surface area contributed by atoms with Gasteiger partial charge in [0.2, 0.25) is 0 Å². The summed E-state index contributed by atoms with van der Waals surface area (Å²) in [5, 5.41) is 5.20. The third-order valence-corrected chi connectivity index (χ3v) is 2.84. The van der Waals surface area contributed by atoms with Crippen molar-refractivity contribution in [2.75, 3.05) is 6.61 Å².